The zero-order valence-electron chi connectivity index (χ0n) is 4.52. The Bertz CT molecular complexity index is 30.9. The highest BCUT2D eigenvalue weighted by molar-refractivity contribution is 6.24. The van der Waals surface area contributed by atoms with Crippen molar-refractivity contribution in [1.82, 2.24) is 0 Å². The van der Waals surface area contributed by atoms with Crippen molar-refractivity contribution >= 4 is 9.76 Å². The van der Waals surface area contributed by atoms with E-state index in [4.69, 9.17) is 5.73 Å². The van der Waals surface area contributed by atoms with Gasteiger partial charge in [-0.1, -0.05) is 6.42 Å². The van der Waals surface area contributed by atoms with Gasteiger partial charge in [0.05, 0.1) is 0 Å². The van der Waals surface area contributed by atoms with Crippen LogP contribution in [0.2, 0.25) is 6.04 Å². The monoisotopic (exact) mass is 118 g/mol. The second-order valence-corrected chi connectivity index (χ2v) is 2.67. The molecule has 0 fully saturated rings. The van der Waals surface area contributed by atoms with Crippen LogP contribution in [0.1, 0.15) is 12.8 Å². The Morgan fingerprint density at radius 3 is 2.57 bits per heavy atom. The Hall–Kier alpha value is 0.137. The molecule has 0 spiro atoms. The van der Waals surface area contributed by atoms with Crippen LogP contribution in [0.4, 0.5) is 0 Å². The van der Waals surface area contributed by atoms with Gasteiger partial charge in [0.1, 0.15) is 0 Å². The Morgan fingerprint density at radius 2 is 2.14 bits per heavy atom. The lowest BCUT2D eigenvalue weighted by Crippen LogP contribution is -1.98. The summed E-state index contributed by atoms with van der Waals surface area (Å²) in [5, 5.41) is 0. The van der Waals surface area contributed by atoms with E-state index in [1.54, 1.807) is 0 Å². The van der Waals surface area contributed by atoms with E-state index in [2.05, 4.69) is 0 Å². The molecule has 0 aliphatic heterocycles. The maximum absolute atomic E-state index is 9.90. The van der Waals surface area contributed by atoms with Crippen molar-refractivity contribution in [3.8, 4) is 0 Å². The number of hydrogen-bond donors (Lipinski definition) is 1. The molecule has 2 nitrogen and oxygen atoms in total. The highest BCUT2D eigenvalue weighted by atomic mass is 28.2. The fourth-order valence-electron chi connectivity index (χ4n) is 0.423. The van der Waals surface area contributed by atoms with Crippen molar-refractivity contribution in [3.63, 3.8) is 0 Å². The summed E-state index contributed by atoms with van der Waals surface area (Å²) in [6.45, 7) is 0.744. The van der Waals surface area contributed by atoms with E-state index in [0.29, 0.717) is 0 Å². The molecule has 0 aliphatic carbocycles. The Labute approximate surface area is 46.7 Å². The van der Waals surface area contributed by atoms with Crippen LogP contribution in [0, 0.1) is 0 Å². The highest BCUT2D eigenvalue weighted by Gasteiger charge is 1.83. The minimum Gasteiger partial charge on any atom is -0.330 e. The number of unbranched alkanes of at least 4 members (excludes halogenated alkanes) is 1. The van der Waals surface area contributed by atoms with E-state index < -0.39 is 9.76 Å². The van der Waals surface area contributed by atoms with Gasteiger partial charge in [0.15, 0.2) is 0 Å². The number of nitrogens with two attached hydrogens (primary N) is 1. The van der Waals surface area contributed by atoms with Crippen molar-refractivity contribution in [3.05, 3.63) is 0 Å². The maximum atomic E-state index is 9.90. The van der Waals surface area contributed by atoms with Crippen molar-refractivity contribution in [2.75, 3.05) is 6.54 Å². The first-order valence-electron chi connectivity index (χ1n) is 2.70. The van der Waals surface area contributed by atoms with Gasteiger partial charge < -0.3 is 10.5 Å². The molecule has 0 heterocycles. The molecule has 0 aromatic rings. The third kappa shape index (κ3) is 6.14. The second kappa shape index (κ2) is 6.14. The smallest absolute Gasteiger partial charge is 0.207 e. The molecule has 7 heavy (non-hydrogen) atoms. The molecule has 0 unspecified atom stereocenters. The third-order valence-corrected chi connectivity index (χ3v) is 1.64. The average molecular weight is 118 g/mol. The summed E-state index contributed by atoms with van der Waals surface area (Å²) in [6, 6.07) is 0.928. The molecule has 2 N–H and O–H groups in total. The predicted molar refractivity (Wildman–Crippen MR) is 32.3 cm³/mol. The van der Waals surface area contributed by atoms with Crippen molar-refractivity contribution in [2.45, 2.75) is 18.9 Å². The molecule has 3 heteroatoms. The van der Waals surface area contributed by atoms with Gasteiger partial charge in [-0.25, -0.2) is 0 Å². The van der Waals surface area contributed by atoms with Gasteiger partial charge in [0, 0.05) is 0 Å². The van der Waals surface area contributed by atoms with E-state index in [1.807, 2.05) is 0 Å². The first kappa shape index (κ1) is 7.14. The normalized spacial score (nSPS) is 11.1. The molecule has 0 amide bonds. The predicted octanol–water partition coefficient (Wildman–Crippen LogP) is -0.342. The molecule has 1 radical (unpaired) electrons. The van der Waals surface area contributed by atoms with Crippen molar-refractivity contribution < 1.29 is 4.80 Å². The van der Waals surface area contributed by atoms with Crippen molar-refractivity contribution in [2.24, 2.45) is 5.73 Å². The van der Waals surface area contributed by atoms with Gasteiger partial charge in [-0.15, -0.1) is 0 Å². The van der Waals surface area contributed by atoms with Crippen LogP contribution in [0.5, 0.6) is 0 Å². The van der Waals surface area contributed by atoms with E-state index in [1.165, 1.54) is 0 Å². The van der Waals surface area contributed by atoms with Crippen LogP contribution >= 0.6 is 0 Å². The molecular weight excluding hydrogens is 106 g/mol. The number of hydrogen-bond acceptors (Lipinski definition) is 1. The molecule has 0 bridgehead atoms. The van der Waals surface area contributed by atoms with Gasteiger partial charge >= 0.3 is 0 Å². The fourth-order valence-corrected chi connectivity index (χ4v) is 0.981. The quantitative estimate of drug-likeness (QED) is 0.398. The SMILES string of the molecule is NCCCC[SiH2][O]. The molecule has 0 rings (SSSR count). The molecule has 0 aliphatic rings. The third-order valence-electron chi connectivity index (χ3n) is 0.848. The Morgan fingerprint density at radius 1 is 1.43 bits per heavy atom. The molecule has 0 aromatic heterocycles. The van der Waals surface area contributed by atoms with Crippen LogP contribution in [0.3, 0.4) is 0 Å². The molecule has 0 aromatic carbocycles. The largest absolute Gasteiger partial charge is 0.330 e. The molecule has 0 saturated carbocycles. The zero-order chi connectivity index (χ0) is 5.54. The average Bonchev–Trinajstić information content (AvgIpc) is 1.69. The van der Waals surface area contributed by atoms with E-state index in [9.17, 15) is 4.80 Å². The minimum atomic E-state index is -0.912. The fraction of sp³-hybridized carbons (Fsp3) is 1.00. The summed E-state index contributed by atoms with van der Waals surface area (Å²) < 4.78 is 0. The summed E-state index contributed by atoms with van der Waals surface area (Å²) in [5.41, 5.74) is 5.18. The lowest BCUT2D eigenvalue weighted by molar-refractivity contribution is 0.470. The maximum Gasteiger partial charge on any atom is 0.207 e. The lowest BCUT2D eigenvalue weighted by atomic mass is 10.3. The van der Waals surface area contributed by atoms with Crippen LogP contribution in [-0.4, -0.2) is 16.3 Å². The number of rotatable bonds is 4. The van der Waals surface area contributed by atoms with Crippen molar-refractivity contribution in [1.29, 1.82) is 0 Å². The van der Waals surface area contributed by atoms with Gasteiger partial charge in [0.25, 0.3) is 0 Å². The van der Waals surface area contributed by atoms with Gasteiger partial charge in [-0.3, -0.25) is 0 Å². The van der Waals surface area contributed by atoms with E-state index in [-0.39, 0.29) is 0 Å². The van der Waals surface area contributed by atoms with Crippen LogP contribution in [-0.2, 0) is 4.80 Å². The Balaban J connectivity index is 2.45. The zero-order valence-corrected chi connectivity index (χ0v) is 5.94. The van der Waals surface area contributed by atoms with Crippen LogP contribution in [0.15, 0.2) is 0 Å². The highest BCUT2D eigenvalue weighted by Crippen LogP contribution is 1.89. The first-order chi connectivity index (χ1) is 3.41. The molecule has 0 atom stereocenters. The van der Waals surface area contributed by atoms with Gasteiger partial charge in [-0.2, -0.15) is 0 Å². The lowest BCUT2D eigenvalue weighted by Gasteiger charge is -1.88. The Kier molecular flexibility index (Phi) is 6.26. The first-order valence-corrected chi connectivity index (χ1v) is 4.27. The summed E-state index contributed by atoms with van der Waals surface area (Å²) in [5.74, 6) is 0. The second-order valence-electron chi connectivity index (χ2n) is 1.55. The van der Waals surface area contributed by atoms with Crippen LogP contribution in [0.25, 0.3) is 0 Å². The summed E-state index contributed by atoms with van der Waals surface area (Å²) in [7, 11) is -0.912. The van der Waals surface area contributed by atoms with E-state index >= 15 is 0 Å². The molecular formula is C4H12NOSi. The van der Waals surface area contributed by atoms with Gasteiger partial charge in [0.2, 0.25) is 9.76 Å². The summed E-state index contributed by atoms with van der Waals surface area (Å²) in [4.78, 5) is 9.90. The summed E-state index contributed by atoms with van der Waals surface area (Å²) >= 11 is 0. The van der Waals surface area contributed by atoms with Gasteiger partial charge in [-0.05, 0) is 19.0 Å². The summed E-state index contributed by atoms with van der Waals surface area (Å²) in [6.07, 6.45) is 2.10. The minimum absolute atomic E-state index is 0.744. The molecule has 0 saturated heterocycles. The van der Waals surface area contributed by atoms with E-state index in [0.717, 1.165) is 25.4 Å². The van der Waals surface area contributed by atoms with Crippen LogP contribution < -0.4 is 5.73 Å². The topological polar surface area (TPSA) is 45.9 Å². The molecule has 43 valence electrons. The standard InChI is InChI=1S/C4H12NOSi/c5-3-1-2-4-7-6/h1-5,7H2.